The van der Waals surface area contributed by atoms with Gasteiger partial charge in [0.25, 0.3) is 0 Å². The van der Waals surface area contributed by atoms with E-state index >= 15 is 0 Å². The number of aryl methyl sites for hydroxylation is 1. The largest absolute Gasteiger partial charge is 0.367 e. The molecule has 1 saturated heterocycles. The Morgan fingerprint density at radius 1 is 1.28 bits per heavy atom. The number of ether oxygens (including phenoxy) is 1. The van der Waals surface area contributed by atoms with Crippen molar-refractivity contribution in [3.8, 4) is 0 Å². The Labute approximate surface area is 169 Å². The number of carbonyl (C=O) groups is 2. The van der Waals surface area contributed by atoms with Crippen LogP contribution in [0.1, 0.15) is 23.4 Å². The van der Waals surface area contributed by atoms with Gasteiger partial charge in [0.1, 0.15) is 6.10 Å². The first kappa shape index (κ1) is 19.3. The van der Waals surface area contributed by atoms with Crippen molar-refractivity contribution in [3.63, 3.8) is 0 Å². The van der Waals surface area contributed by atoms with E-state index in [-0.39, 0.29) is 17.4 Å². The Hall–Kier alpha value is -3.00. The Kier molecular flexibility index (Phi) is 4.96. The third-order valence-corrected chi connectivity index (χ3v) is 5.55. The number of nitrogens with zero attached hydrogens (tertiary/aromatic N) is 4. The van der Waals surface area contributed by atoms with Gasteiger partial charge in [0.05, 0.1) is 30.7 Å². The lowest BCUT2D eigenvalue weighted by molar-refractivity contribution is -0.130. The topological polar surface area (TPSA) is 87.7 Å². The number of hydrogen-bond acceptors (Lipinski definition) is 5. The molecule has 8 nitrogen and oxygen atoms in total. The van der Waals surface area contributed by atoms with Crippen LogP contribution in [0.25, 0.3) is 0 Å². The van der Waals surface area contributed by atoms with Crippen molar-refractivity contribution in [2.24, 2.45) is 0 Å². The first-order valence-corrected chi connectivity index (χ1v) is 9.65. The standard InChI is InChI=1S/C21H25N5O3/c1-14-9-23-15(10-22-14)11-24-19(27)18-8-21(13-29-18)12-26(20(28)25(2)3)17-7-5-4-6-16(17)21/h4-7,9-10,18H,8,11-13H2,1-3H3,(H,24,27)/t18-,21+/m0/s1. The number of benzene rings is 1. The van der Waals surface area contributed by atoms with Gasteiger partial charge in [-0.15, -0.1) is 0 Å². The van der Waals surface area contributed by atoms with Gasteiger partial charge in [-0.1, -0.05) is 18.2 Å². The number of amides is 3. The molecule has 4 rings (SSSR count). The van der Waals surface area contributed by atoms with Gasteiger partial charge < -0.3 is 15.0 Å². The summed E-state index contributed by atoms with van der Waals surface area (Å²) in [7, 11) is 3.48. The number of fused-ring (bicyclic) bond motifs is 2. The molecule has 2 aliphatic heterocycles. The summed E-state index contributed by atoms with van der Waals surface area (Å²) in [6, 6.07) is 7.81. The van der Waals surface area contributed by atoms with Gasteiger partial charge in [0, 0.05) is 37.9 Å². The highest BCUT2D eigenvalue weighted by atomic mass is 16.5. The second kappa shape index (κ2) is 7.44. The lowest BCUT2D eigenvalue weighted by atomic mass is 9.80. The minimum atomic E-state index is -0.559. The van der Waals surface area contributed by atoms with E-state index in [2.05, 4.69) is 15.3 Å². The Morgan fingerprint density at radius 2 is 2.07 bits per heavy atom. The van der Waals surface area contributed by atoms with Crippen LogP contribution < -0.4 is 10.2 Å². The molecule has 0 bridgehead atoms. The van der Waals surface area contributed by atoms with E-state index in [0.717, 1.165) is 16.9 Å². The molecule has 3 amide bonds. The molecule has 2 aliphatic rings. The monoisotopic (exact) mass is 395 g/mol. The third-order valence-electron chi connectivity index (χ3n) is 5.55. The molecular weight excluding hydrogens is 370 g/mol. The first-order chi connectivity index (χ1) is 13.9. The highest BCUT2D eigenvalue weighted by Crippen LogP contribution is 2.47. The average Bonchev–Trinajstić information content (AvgIpc) is 3.29. The van der Waals surface area contributed by atoms with Crippen LogP contribution in [0.4, 0.5) is 10.5 Å². The molecule has 0 aliphatic carbocycles. The molecule has 1 N–H and O–H groups in total. The molecule has 1 spiro atoms. The molecule has 152 valence electrons. The molecule has 2 aromatic rings. The summed E-state index contributed by atoms with van der Waals surface area (Å²) >= 11 is 0. The van der Waals surface area contributed by atoms with Gasteiger partial charge in [-0.2, -0.15) is 0 Å². The maximum absolute atomic E-state index is 12.7. The Bertz CT molecular complexity index is 930. The summed E-state index contributed by atoms with van der Waals surface area (Å²) < 4.78 is 5.91. The van der Waals surface area contributed by atoms with Crippen molar-refractivity contribution in [3.05, 3.63) is 53.6 Å². The van der Waals surface area contributed by atoms with Gasteiger partial charge in [-0.25, -0.2) is 4.79 Å². The predicted octanol–water partition coefficient (Wildman–Crippen LogP) is 1.63. The van der Waals surface area contributed by atoms with Crippen molar-refractivity contribution < 1.29 is 14.3 Å². The van der Waals surface area contributed by atoms with Crippen LogP contribution in [0.3, 0.4) is 0 Å². The fourth-order valence-corrected chi connectivity index (χ4v) is 4.04. The normalized spacial score (nSPS) is 22.6. The summed E-state index contributed by atoms with van der Waals surface area (Å²) in [5.41, 5.74) is 3.12. The number of nitrogens with one attached hydrogen (secondary N) is 1. The van der Waals surface area contributed by atoms with Gasteiger partial charge in [-0.05, 0) is 25.0 Å². The van der Waals surface area contributed by atoms with E-state index in [1.807, 2.05) is 31.2 Å². The van der Waals surface area contributed by atoms with Crippen molar-refractivity contribution in [1.29, 1.82) is 0 Å². The molecule has 0 radical (unpaired) electrons. The van der Waals surface area contributed by atoms with E-state index in [4.69, 9.17) is 4.74 Å². The summed E-state index contributed by atoms with van der Waals surface area (Å²) in [4.78, 5) is 37.1. The van der Waals surface area contributed by atoms with E-state index in [0.29, 0.717) is 31.8 Å². The van der Waals surface area contributed by atoms with E-state index in [1.165, 1.54) is 0 Å². The smallest absolute Gasteiger partial charge is 0.323 e. The minimum Gasteiger partial charge on any atom is -0.367 e. The molecular formula is C21H25N5O3. The number of anilines is 1. The fourth-order valence-electron chi connectivity index (χ4n) is 4.04. The quantitative estimate of drug-likeness (QED) is 0.854. The number of hydrogen-bond donors (Lipinski definition) is 1. The molecule has 2 atom stereocenters. The summed E-state index contributed by atoms with van der Waals surface area (Å²) in [5.74, 6) is -0.167. The summed E-state index contributed by atoms with van der Waals surface area (Å²) in [6.07, 6.45) is 3.31. The fraction of sp³-hybridized carbons (Fsp3) is 0.429. The molecule has 1 aromatic carbocycles. The molecule has 0 unspecified atom stereocenters. The molecule has 29 heavy (non-hydrogen) atoms. The number of carbonyl (C=O) groups excluding carboxylic acids is 2. The maximum Gasteiger partial charge on any atom is 0.323 e. The second-order valence-electron chi connectivity index (χ2n) is 7.93. The SMILES string of the molecule is Cc1cnc(CNC(=O)[C@@H]2C[C@]3(CO2)CN(C(=O)N(C)C)c2ccccc23)cn1. The molecule has 0 saturated carbocycles. The van der Waals surface area contributed by atoms with Crippen molar-refractivity contribution >= 4 is 17.6 Å². The highest BCUT2D eigenvalue weighted by Gasteiger charge is 2.51. The van der Waals surface area contributed by atoms with Crippen LogP contribution in [-0.2, 0) is 21.5 Å². The van der Waals surface area contributed by atoms with Crippen LogP contribution in [0.2, 0.25) is 0 Å². The lowest BCUT2D eigenvalue weighted by Gasteiger charge is -2.25. The number of rotatable bonds is 3. The lowest BCUT2D eigenvalue weighted by Crippen LogP contribution is -2.43. The van der Waals surface area contributed by atoms with Gasteiger partial charge in [0.15, 0.2) is 0 Å². The average molecular weight is 395 g/mol. The van der Waals surface area contributed by atoms with E-state index < -0.39 is 6.10 Å². The zero-order chi connectivity index (χ0) is 20.6. The molecule has 1 fully saturated rings. The summed E-state index contributed by atoms with van der Waals surface area (Å²) in [5, 5.41) is 2.89. The second-order valence-corrected chi connectivity index (χ2v) is 7.93. The van der Waals surface area contributed by atoms with Crippen LogP contribution in [0, 0.1) is 6.92 Å². The highest BCUT2D eigenvalue weighted by molar-refractivity contribution is 5.95. The van der Waals surface area contributed by atoms with Gasteiger partial charge in [-0.3, -0.25) is 19.7 Å². The van der Waals surface area contributed by atoms with Crippen molar-refractivity contribution in [1.82, 2.24) is 20.2 Å². The van der Waals surface area contributed by atoms with Crippen molar-refractivity contribution in [2.75, 3.05) is 32.1 Å². The summed E-state index contributed by atoms with van der Waals surface area (Å²) in [6.45, 7) is 3.09. The van der Waals surface area contributed by atoms with Crippen LogP contribution in [0.15, 0.2) is 36.7 Å². The third kappa shape index (κ3) is 3.55. The minimum absolute atomic E-state index is 0.0693. The van der Waals surface area contributed by atoms with E-state index in [9.17, 15) is 9.59 Å². The number of urea groups is 1. The zero-order valence-corrected chi connectivity index (χ0v) is 16.9. The maximum atomic E-state index is 12.7. The van der Waals surface area contributed by atoms with Crippen LogP contribution in [-0.4, -0.2) is 60.2 Å². The van der Waals surface area contributed by atoms with Crippen LogP contribution in [0.5, 0.6) is 0 Å². The molecule has 8 heteroatoms. The van der Waals surface area contributed by atoms with E-state index in [1.54, 1.807) is 36.3 Å². The zero-order valence-electron chi connectivity index (χ0n) is 16.9. The molecule has 1 aromatic heterocycles. The molecule has 3 heterocycles. The predicted molar refractivity (Wildman–Crippen MR) is 108 cm³/mol. The first-order valence-electron chi connectivity index (χ1n) is 9.65. The Balaban J connectivity index is 1.47. The van der Waals surface area contributed by atoms with Crippen molar-refractivity contribution in [2.45, 2.75) is 31.4 Å². The van der Waals surface area contributed by atoms with Crippen LogP contribution >= 0.6 is 0 Å². The number of aromatic nitrogens is 2. The van der Waals surface area contributed by atoms with Gasteiger partial charge in [0.2, 0.25) is 5.91 Å². The number of para-hydroxylation sites is 1. The van der Waals surface area contributed by atoms with Gasteiger partial charge >= 0.3 is 6.03 Å². The Morgan fingerprint density at radius 3 is 2.79 bits per heavy atom.